The molecule has 0 aliphatic heterocycles. The van der Waals surface area contributed by atoms with E-state index < -0.39 is 0 Å². The minimum absolute atomic E-state index is 0.317. The van der Waals surface area contributed by atoms with E-state index in [0.717, 1.165) is 4.47 Å². The lowest BCUT2D eigenvalue weighted by atomic mass is 10.2. The molecule has 1 aromatic carbocycles. The normalized spacial score (nSPS) is 13.1. The van der Waals surface area contributed by atoms with Gasteiger partial charge in [-0.05, 0) is 24.6 Å². The lowest BCUT2D eigenvalue weighted by Crippen LogP contribution is -1.81. The second-order valence-corrected chi connectivity index (χ2v) is 3.92. The fourth-order valence-corrected chi connectivity index (χ4v) is 1.34. The van der Waals surface area contributed by atoms with E-state index in [9.17, 15) is 0 Å². The highest BCUT2D eigenvalue weighted by Crippen LogP contribution is 2.21. The molecule has 0 amide bonds. The van der Waals surface area contributed by atoms with Gasteiger partial charge < -0.3 is 0 Å². The molecule has 1 rings (SSSR count). The van der Waals surface area contributed by atoms with Gasteiger partial charge in [0.25, 0.3) is 0 Å². The predicted molar refractivity (Wildman–Crippen MR) is 51.5 cm³/mol. The summed E-state index contributed by atoms with van der Waals surface area (Å²) in [5.74, 6) is 0. The van der Waals surface area contributed by atoms with E-state index in [1.165, 1.54) is 5.56 Å². The highest BCUT2D eigenvalue weighted by Gasteiger charge is 1.97. The van der Waals surface area contributed by atoms with Crippen LogP contribution < -0.4 is 0 Å². The van der Waals surface area contributed by atoms with Gasteiger partial charge in [0, 0.05) is 9.72 Å². The van der Waals surface area contributed by atoms with Crippen molar-refractivity contribution in [3.63, 3.8) is 0 Å². The van der Waals surface area contributed by atoms with Gasteiger partial charge in [-0.2, -0.15) is 12.6 Å². The highest BCUT2D eigenvalue weighted by atomic mass is 79.9. The molecule has 0 fully saturated rings. The van der Waals surface area contributed by atoms with Crippen LogP contribution in [-0.2, 0) is 0 Å². The van der Waals surface area contributed by atoms with E-state index in [2.05, 4.69) is 47.6 Å². The fraction of sp³-hybridized carbons (Fsp3) is 0.250. The molecule has 0 saturated heterocycles. The zero-order chi connectivity index (χ0) is 7.56. The average Bonchev–Trinajstić information content (AvgIpc) is 1.88. The minimum Gasteiger partial charge on any atom is -0.171 e. The Labute approximate surface area is 75.2 Å². The van der Waals surface area contributed by atoms with Crippen LogP contribution in [0, 0.1) is 0 Å². The molecule has 0 aliphatic rings. The summed E-state index contributed by atoms with van der Waals surface area (Å²) >= 11 is 7.71. The summed E-state index contributed by atoms with van der Waals surface area (Å²) in [5.41, 5.74) is 1.25. The number of halogens is 1. The van der Waals surface area contributed by atoms with Gasteiger partial charge in [0.2, 0.25) is 0 Å². The van der Waals surface area contributed by atoms with Crippen molar-refractivity contribution in [2.24, 2.45) is 0 Å². The molecule has 0 heterocycles. The van der Waals surface area contributed by atoms with E-state index >= 15 is 0 Å². The van der Waals surface area contributed by atoms with Gasteiger partial charge >= 0.3 is 0 Å². The number of rotatable bonds is 1. The van der Waals surface area contributed by atoms with Crippen LogP contribution in [0.1, 0.15) is 17.7 Å². The van der Waals surface area contributed by atoms with Crippen LogP contribution in [0.25, 0.3) is 0 Å². The zero-order valence-corrected chi connectivity index (χ0v) is 8.19. The average molecular weight is 217 g/mol. The van der Waals surface area contributed by atoms with Crippen LogP contribution in [0.3, 0.4) is 0 Å². The first-order valence-corrected chi connectivity index (χ1v) is 4.44. The van der Waals surface area contributed by atoms with E-state index in [4.69, 9.17) is 0 Å². The Morgan fingerprint density at radius 3 is 2.60 bits per heavy atom. The first-order chi connectivity index (χ1) is 4.70. The second kappa shape index (κ2) is 3.44. The number of thiol groups is 1. The Balaban J connectivity index is 2.96. The molecule has 1 atom stereocenters. The molecule has 0 N–H and O–H groups in total. The summed E-state index contributed by atoms with van der Waals surface area (Å²) in [6, 6.07) is 8.19. The molecular formula is C8H9BrS. The van der Waals surface area contributed by atoms with Crippen molar-refractivity contribution in [1.82, 2.24) is 0 Å². The highest BCUT2D eigenvalue weighted by molar-refractivity contribution is 9.10. The monoisotopic (exact) mass is 216 g/mol. The molecule has 0 saturated carbocycles. The Morgan fingerprint density at radius 2 is 2.20 bits per heavy atom. The molecule has 10 heavy (non-hydrogen) atoms. The number of hydrogen-bond acceptors (Lipinski definition) is 1. The van der Waals surface area contributed by atoms with Crippen molar-refractivity contribution in [2.75, 3.05) is 0 Å². The third-order valence-corrected chi connectivity index (χ3v) is 2.12. The van der Waals surface area contributed by atoms with E-state index in [0.29, 0.717) is 5.25 Å². The van der Waals surface area contributed by atoms with Gasteiger partial charge in [-0.3, -0.25) is 0 Å². The van der Waals surface area contributed by atoms with Crippen molar-refractivity contribution in [3.8, 4) is 0 Å². The zero-order valence-electron chi connectivity index (χ0n) is 5.71. The van der Waals surface area contributed by atoms with Crippen molar-refractivity contribution in [2.45, 2.75) is 12.2 Å². The third kappa shape index (κ3) is 2.03. The van der Waals surface area contributed by atoms with Gasteiger partial charge in [0.1, 0.15) is 0 Å². The van der Waals surface area contributed by atoms with Crippen LogP contribution in [0.5, 0.6) is 0 Å². The first kappa shape index (κ1) is 8.15. The largest absolute Gasteiger partial charge is 0.171 e. The van der Waals surface area contributed by atoms with E-state index in [-0.39, 0.29) is 0 Å². The molecule has 1 aromatic rings. The van der Waals surface area contributed by atoms with Crippen LogP contribution in [0.2, 0.25) is 0 Å². The van der Waals surface area contributed by atoms with Gasteiger partial charge in [0.15, 0.2) is 0 Å². The van der Waals surface area contributed by atoms with Gasteiger partial charge in [0.05, 0.1) is 0 Å². The van der Waals surface area contributed by atoms with Crippen LogP contribution in [0.15, 0.2) is 28.7 Å². The second-order valence-electron chi connectivity index (χ2n) is 2.23. The Hall–Kier alpha value is 0.0500. The van der Waals surface area contributed by atoms with Gasteiger partial charge in [-0.25, -0.2) is 0 Å². The van der Waals surface area contributed by atoms with Crippen molar-refractivity contribution < 1.29 is 0 Å². The van der Waals surface area contributed by atoms with Crippen LogP contribution in [0.4, 0.5) is 0 Å². The van der Waals surface area contributed by atoms with Gasteiger partial charge in [-0.1, -0.05) is 28.1 Å². The SMILES string of the molecule is CC(S)c1cccc(Br)c1. The third-order valence-electron chi connectivity index (χ3n) is 1.33. The topological polar surface area (TPSA) is 0 Å². The molecule has 0 aromatic heterocycles. The predicted octanol–water partition coefficient (Wildman–Crippen LogP) is 3.44. The maximum Gasteiger partial charge on any atom is 0.0239 e. The van der Waals surface area contributed by atoms with E-state index in [1.807, 2.05) is 12.1 Å². The van der Waals surface area contributed by atoms with E-state index in [1.54, 1.807) is 0 Å². The summed E-state index contributed by atoms with van der Waals surface area (Å²) in [4.78, 5) is 0. The van der Waals surface area contributed by atoms with Crippen molar-refractivity contribution in [3.05, 3.63) is 34.3 Å². The summed E-state index contributed by atoms with van der Waals surface area (Å²) in [7, 11) is 0. The van der Waals surface area contributed by atoms with Crippen LogP contribution >= 0.6 is 28.6 Å². The minimum atomic E-state index is 0.317. The smallest absolute Gasteiger partial charge is 0.0239 e. The summed E-state index contributed by atoms with van der Waals surface area (Å²) < 4.78 is 1.12. The molecule has 0 spiro atoms. The summed E-state index contributed by atoms with van der Waals surface area (Å²) in [6.45, 7) is 2.06. The number of hydrogen-bond donors (Lipinski definition) is 1. The van der Waals surface area contributed by atoms with Gasteiger partial charge in [-0.15, -0.1) is 0 Å². The molecule has 0 bridgehead atoms. The summed E-state index contributed by atoms with van der Waals surface area (Å²) in [6.07, 6.45) is 0. The lowest BCUT2D eigenvalue weighted by molar-refractivity contribution is 1.11. The summed E-state index contributed by atoms with van der Waals surface area (Å²) in [5, 5.41) is 0.317. The Bertz CT molecular complexity index is 220. The first-order valence-electron chi connectivity index (χ1n) is 3.13. The lowest BCUT2D eigenvalue weighted by Gasteiger charge is -2.02. The standard InChI is InChI=1S/C8H9BrS/c1-6(10)7-3-2-4-8(9)5-7/h2-6,10H,1H3. The number of benzene rings is 1. The van der Waals surface area contributed by atoms with Crippen molar-refractivity contribution in [1.29, 1.82) is 0 Å². The Morgan fingerprint density at radius 1 is 1.50 bits per heavy atom. The molecule has 2 heteroatoms. The quantitative estimate of drug-likeness (QED) is 0.684. The molecular weight excluding hydrogens is 208 g/mol. The molecule has 1 unspecified atom stereocenters. The van der Waals surface area contributed by atoms with Crippen LogP contribution in [-0.4, -0.2) is 0 Å². The molecule has 54 valence electrons. The fourth-order valence-electron chi connectivity index (χ4n) is 0.766. The maximum absolute atomic E-state index is 4.31. The van der Waals surface area contributed by atoms with Crippen molar-refractivity contribution >= 4 is 28.6 Å². The molecule has 0 nitrogen and oxygen atoms in total. The maximum atomic E-state index is 4.31. The molecule has 0 radical (unpaired) electrons. The molecule has 0 aliphatic carbocycles. The Kier molecular flexibility index (Phi) is 2.81.